The van der Waals surface area contributed by atoms with Crippen molar-refractivity contribution >= 4 is 5.91 Å². The summed E-state index contributed by atoms with van der Waals surface area (Å²) in [5.74, 6) is 0.735. The predicted octanol–water partition coefficient (Wildman–Crippen LogP) is 3.52. The molecule has 0 radical (unpaired) electrons. The second kappa shape index (κ2) is 7.11. The Morgan fingerprint density at radius 3 is 2.38 bits per heavy atom. The van der Waals surface area contributed by atoms with Gasteiger partial charge in [-0.2, -0.15) is 0 Å². The molecule has 0 spiro atoms. The summed E-state index contributed by atoms with van der Waals surface area (Å²) in [6, 6.07) is 12.2. The van der Waals surface area contributed by atoms with Crippen molar-refractivity contribution in [1.29, 1.82) is 0 Å². The number of carbonyl (C=O) groups excluding carboxylic acids is 1. The van der Waals surface area contributed by atoms with Crippen LogP contribution in [0.2, 0.25) is 0 Å². The van der Waals surface area contributed by atoms with Crippen molar-refractivity contribution in [3.05, 3.63) is 54.4 Å². The van der Waals surface area contributed by atoms with Crippen LogP contribution in [-0.4, -0.2) is 29.0 Å². The smallest absolute Gasteiger partial charge is 0.226 e. The van der Waals surface area contributed by atoms with E-state index in [4.69, 9.17) is 0 Å². The number of hydrogen-bond acceptors (Lipinski definition) is 1. The fourth-order valence-corrected chi connectivity index (χ4v) is 2.30. The Kier molecular flexibility index (Phi) is 5.20. The Morgan fingerprint density at radius 2 is 1.81 bits per heavy atom. The van der Waals surface area contributed by atoms with Crippen LogP contribution in [0.1, 0.15) is 25.8 Å². The van der Waals surface area contributed by atoms with Gasteiger partial charge < -0.3 is 9.47 Å². The highest BCUT2D eigenvalue weighted by molar-refractivity contribution is 5.78. The molecule has 0 saturated heterocycles. The minimum Gasteiger partial charge on any atom is -0.345 e. The minimum atomic E-state index is 0.184. The largest absolute Gasteiger partial charge is 0.345 e. The molecule has 0 fully saturated rings. The number of benzene rings is 1. The fraction of sp³-hybridized carbons (Fsp3) is 0.389. The van der Waals surface area contributed by atoms with E-state index in [1.807, 2.05) is 48.6 Å². The van der Waals surface area contributed by atoms with Crippen molar-refractivity contribution in [3.8, 4) is 5.69 Å². The summed E-state index contributed by atoms with van der Waals surface area (Å²) >= 11 is 0. The van der Waals surface area contributed by atoms with Crippen LogP contribution in [0.5, 0.6) is 0 Å². The Bertz CT molecular complexity index is 557. The van der Waals surface area contributed by atoms with Crippen LogP contribution in [0.4, 0.5) is 0 Å². The minimum absolute atomic E-state index is 0.184. The van der Waals surface area contributed by atoms with Gasteiger partial charge in [-0.25, -0.2) is 0 Å². The number of amides is 1. The average molecular weight is 284 g/mol. The molecule has 2 rings (SSSR count). The van der Waals surface area contributed by atoms with E-state index in [1.165, 1.54) is 0 Å². The first-order valence-electron chi connectivity index (χ1n) is 7.56. The van der Waals surface area contributed by atoms with Gasteiger partial charge in [0.15, 0.2) is 0 Å². The quantitative estimate of drug-likeness (QED) is 0.796. The van der Waals surface area contributed by atoms with Crippen LogP contribution >= 0.6 is 0 Å². The molecule has 3 heteroatoms. The lowest BCUT2D eigenvalue weighted by Crippen LogP contribution is -2.32. The topological polar surface area (TPSA) is 25.2 Å². The predicted molar refractivity (Wildman–Crippen MR) is 86.6 cm³/mol. The Morgan fingerprint density at radius 1 is 1.19 bits per heavy atom. The first-order valence-corrected chi connectivity index (χ1v) is 7.56. The van der Waals surface area contributed by atoms with Crippen LogP contribution in [0.15, 0.2) is 48.8 Å². The SMILES string of the molecule is CCC(C)CN(C)C(=O)Cc1ccc(-n2cccc2)cc1. The van der Waals surface area contributed by atoms with Crippen molar-refractivity contribution < 1.29 is 4.79 Å². The summed E-state index contributed by atoms with van der Waals surface area (Å²) in [6.45, 7) is 5.16. The van der Waals surface area contributed by atoms with Gasteiger partial charge in [0.25, 0.3) is 0 Å². The molecule has 3 nitrogen and oxygen atoms in total. The second-order valence-electron chi connectivity index (χ2n) is 5.72. The third kappa shape index (κ3) is 4.22. The maximum atomic E-state index is 12.2. The van der Waals surface area contributed by atoms with Gasteiger partial charge in [0, 0.05) is 31.7 Å². The van der Waals surface area contributed by atoms with Gasteiger partial charge in [0.1, 0.15) is 0 Å². The second-order valence-corrected chi connectivity index (χ2v) is 5.72. The van der Waals surface area contributed by atoms with Crippen LogP contribution in [0, 0.1) is 5.92 Å². The molecular formula is C18H24N2O. The van der Waals surface area contributed by atoms with Gasteiger partial charge in [-0.3, -0.25) is 4.79 Å². The molecule has 0 aliphatic carbocycles. The first kappa shape index (κ1) is 15.4. The van der Waals surface area contributed by atoms with Crippen molar-refractivity contribution in [2.75, 3.05) is 13.6 Å². The van der Waals surface area contributed by atoms with E-state index in [-0.39, 0.29) is 5.91 Å². The molecule has 1 aromatic heterocycles. The number of rotatable bonds is 6. The maximum absolute atomic E-state index is 12.2. The molecule has 0 N–H and O–H groups in total. The van der Waals surface area contributed by atoms with Gasteiger partial charge >= 0.3 is 0 Å². The van der Waals surface area contributed by atoms with Crippen molar-refractivity contribution in [1.82, 2.24) is 9.47 Å². The molecule has 1 unspecified atom stereocenters. The van der Waals surface area contributed by atoms with E-state index in [0.717, 1.165) is 24.2 Å². The summed E-state index contributed by atoms with van der Waals surface area (Å²) < 4.78 is 2.06. The molecule has 112 valence electrons. The number of hydrogen-bond donors (Lipinski definition) is 0. The zero-order valence-corrected chi connectivity index (χ0v) is 13.1. The van der Waals surface area contributed by atoms with Gasteiger partial charge in [-0.15, -0.1) is 0 Å². The van der Waals surface area contributed by atoms with Crippen molar-refractivity contribution in [2.24, 2.45) is 5.92 Å². The number of nitrogens with zero attached hydrogens (tertiary/aromatic N) is 2. The highest BCUT2D eigenvalue weighted by Crippen LogP contribution is 2.12. The Labute approximate surface area is 127 Å². The van der Waals surface area contributed by atoms with Crippen LogP contribution < -0.4 is 0 Å². The molecule has 1 aromatic carbocycles. The lowest BCUT2D eigenvalue weighted by atomic mass is 10.1. The first-order chi connectivity index (χ1) is 10.1. The molecule has 0 saturated carbocycles. The highest BCUT2D eigenvalue weighted by Gasteiger charge is 2.12. The summed E-state index contributed by atoms with van der Waals surface area (Å²) in [4.78, 5) is 14.0. The summed E-state index contributed by atoms with van der Waals surface area (Å²) in [7, 11) is 1.89. The fourth-order valence-electron chi connectivity index (χ4n) is 2.30. The van der Waals surface area contributed by atoms with E-state index in [9.17, 15) is 4.79 Å². The Hall–Kier alpha value is -2.03. The van der Waals surface area contributed by atoms with Crippen LogP contribution in [0.25, 0.3) is 5.69 Å². The molecular weight excluding hydrogens is 260 g/mol. The number of aromatic nitrogens is 1. The van der Waals surface area contributed by atoms with Crippen LogP contribution in [0.3, 0.4) is 0 Å². The molecule has 1 atom stereocenters. The van der Waals surface area contributed by atoms with Crippen molar-refractivity contribution in [2.45, 2.75) is 26.7 Å². The standard InChI is InChI=1S/C18H24N2O/c1-4-15(2)14-19(3)18(21)13-16-7-9-17(10-8-16)20-11-5-6-12-20/h5-12,15H,4,13-14H2,1-3H3. The van der Waals surface area contributed by atoms with E-state index in [2.05, 4.69) is 30.5 Å². The van der Waals surface area contributed by atoms with Gasteiger partial charge in [-0.1, -0.05) is 32.4 Å². The van der Waals surface area contributed by atoms with Crippen LogP contribution in [-0.2, 0) is 11.2 Å². The Balaban J connectivity index is 1.95. The molecule has 2 aromatic rings. The van der Waals surface area contributed by atoms with E-state index < -0.39 is 0 Å². The summed E-state index contributed by atoms with van der Waals surface area (Å²) in [6.07, 6.45) is 5.60. The maximum Gasteiger partial charge on any atom is 0.226 e. The highest BCUT2D eigenvalue weighted by atomic mass is 16.2. The molecule has 0 aliphatic rings. The zero-order chi connectivity index (χ0) is 15.2. The molecule has 1 amide bonds. The molecule has 0 aliphatic heterocycles. The normalized spacial score (nSPS) is 12.1. The molecule has 1 heterocycles. The van der Waals surface area contributed by atoms with Gasteiger partial charge in [0.05, 0.1) is 6.42 Å². The lowest BCUT2D eigenvalue weighted by molar-refractivity contribution is -0.129. The summed E-state index contributed by atoms with van der Waals surface area (Å²) in [5.41, 5.74) is 2.18. The third-order valence-corrected chi connectivity index (χ3v) is 3.90. The monoisotopic (exact) mass is 284 g/mol. The lowest BCUT2D eigenvalue weighted by Gasteiger charge is -2.21. The summed E-state index contributed by atoms with van der Waals surface area (Å²) in [5, 5.41) is 0. The average Bonchev–Trinajstić information content (AvgIpc) is 3.02. The van der Waals surface area contributed by atoms with Gasteiger partial charge in [-0.05, 0) is 35.7 Å². The van der Waals surface area contributed by atoms with E-state index in [1.54, 1.807) is 0 Å². The van der Waals surface area contributed by atoms with Crippen molar-refractivity contribution in [3.63, 3.8) is 0 Å². The zero-order valence-electron chi connectivity index (χ0n) is 13.1. The van der Waals surface area contributed by atoms with Gasteiger partial charge in [0.2, 0.25) is 5.91 Å². The molecule has 21 heavy (non-hydrogen) atoms. The number of carbonyl (C=O) groups is 1. The van der Waals surface area contributed by atoms with E-state index >= 15 is 0 Å². The molecule has 0 bridgehead atoms. The van der Waals surface area contributed by atoms with E-state index in [0.29, 0.717) is 12.3 Å². The third-order valence-electron chi connectivity index (χ3n) is 3.90. The number of likely N-dealkylation sites (N-methyl/N-ethyl adjacent to an activating group) is 1.